The minimum Gasteiger partial charge on any atom is -0.378 e. The summed E-state index contributed by atoms with van der Waals surface area (Å²) in [4.78, 5) is 25.4. The van der Waals surface area contributed by atoms with Crippen LogP contribution in [0, 0.1) is 6.92 Å². The van der Waals surface area contributed by atoms with Gasteiger partial charge in [0.25, 0.3) is 11.5 Å². The molecule has 1 aromatic carbocycles. The molecule has 0 bridgehead atoms. The van der Waals surface area contributed by atoms with Gasteiger partial charge in [-0.25, -0.2) is 5.10 Å². The fourth-order valence-electron chi connectivity index (χ4n) is 2.46. The van der Waals surface area contributed by atoms with E-state index in [1.807, 2.05) is 25.1 Å². The molecule has 3 rings (SSSR count). The third-order valence-electron chi connectivity index (χ3n) is 3.75. The summed E-state index contributed by atoms with van der Waals surface area (Å²) in [5.74, 6) is -0.358. The summed E-state index contributed by atoms with van der Waals surface area (Å²) in [7, 11) is 0. The Morgan fingerprint density at radius 1 is 1.26 bits per heavy atom. The molecule has 2 aromatic rings. The molecule has 1 fully saturated rings. The quantitative estimate of drug-likeness (QED) is 0.888. The second kappa shape index (κ2) is 6.62. The molecule has 0 unspecified atom stereocenters. The van der Waals surface area contributed by atoms with Gasteiger partial charge in [-0.2, -0.15) is 5.10 Å². The van der Waals surface area contributed by atoms with E-state index < -0.39 is 0 Å². The molecular formula is C16H18N4O3. The highest BCUT2D eigenvalue weighted by molar-refractivity contribution is 6.03. The van der Waals surface area contributed by atoms with E-state index in [1.54, 1.807) is 0 Å². The zero-order valence-corrected chi connectivity index (χ0v) is 12.8. The molecule has 1 aliphatic heterocycles. The summed E-state index contributed by atoms with van der Waals surface area (Å²) >= 11 is 0. The summed E-state index contributed by atoms with van der Waals surface area (Å²) in [6.07, 6.45) is 0. The number of carbonyl (C=O) groups is 1. The van der Waals surface area contributed by atoms with E-state index in [0.717, 1.165) is 43.2 Å². The van der Waals surface area contributed by atoms with Gasteiger partial charge >= 0.3 is 0 Å². The van der Waals surface area contributed by atoms with Gasteiger partial charge in [-0.1, -0.05) is 0 Å². The van der Waals surface area contributed by atoms with Gasteiger partial charge < -0.3 is 15.0 Å². The molecule has 1 saturated heterocycles. The number of carbonyl (C=O) groups excluding carboxylic acids is 1. The number of amides is 1. The van der Waals surface area contributed by atoms with Crippen molar-refractivity contribution in [3.63, 3.8) is 0 Å². The van der Waals surface area contributed by atoms with Crippen LogP contribution in [0.1, 0.15) is 16.1 Å². The summed E-state index contributed by atoms with van der Waals surface area (Å²) in [5.41, 5.74) is 2.63. The Balaban J connectivity index is 1.74. The van der Waals surface area contributed by atoms with Gasteiger partial charge in [-0.15, -0.1) is 0 Å². The monoisotopic (exact) mass is 314 g/mol. The second-order valence-corrected chi connectivity index (χ2v) is 5.36. The van der Waals surface area contributed by atoms with Crippen LogP contribution in [0.2, 0.25) is 0 Å². The maximum atomic E-state index is 12.1. The molecule has 7 heteroatoms. The van der Waals surface area contributed by atoms with Crippen molar-refractivity contribution in [2.75, 3.05) is 36.5 Å². The van der Waals surface area contributed by atoms with Crippen LogP contribution in [-0.4, -0.2) is 42.4 Å². The van der Waals surface area contributed by atoms with Gasteiger partial charge in [-0.05, 0) is 36.8 Å². The largest absolute Gasteiger partial charge is 0.378 e. The Kier molecular flexibility index (Phi) is 4.38. The van der Waals surface area contributed by atoms with Gasteiger partial charge in [0.15, 0.2) is 0 Å². The molecule has 0 aliphatic carbocycles. The number of ether oxygens (including phenoxy) is 1. The molecule has 1 amide bonds. The highest BCUT2D eigenvalue weighted by atomic mass is 16.5. The predicted octanol–water partition coefficient (Wildman–Crippen LogP) is 1.17. The number of aromatic nitrogens is 2. The first kappa shape index (κ1) is 15.2. The zero-order valence-electron chi connectivity index (χ0n) is 12.8. The molecule has 23 heavy (non-hydrogen) atoms. The van der Waals surface area contributed by atoms with E-state index in [-0.39, 0.29) is 17.2 Å². The fraction of sp³-hybridized carbons (Fsp3) is 0.312. The number of aryl methyl sites for hydroxylation is 1. The molecule has 2 N–H and O–H groups in total. The van der Waals surface area contributed by atoms with Gasteiger partial charge in [0.2, 0.25) is 0 Å². The van der Waals surface area contributed by atoms with Crippen molar-refractivity contribution in [1.29, 1.82) is 0 Å². The molecule has 120 valence electrons. The first-order chi connectivity index (χ1) is 11.1. The number of hydrogen-bond donors (Lipinski definition) is 2. The zero-order chi connectivity index (χ0) is 16.2. The number of aromatic amines is 1. The average molecular weight is 314 g/mol. The predicted molar refractivity (Wildman–Crippen MR) is 87.0 cm³/mol. The molecular weight excluding hydrogens is 296 g/mol. The van der Waals surface area contributed by atoms with Crippen LogP contribution in [0.5, 0.6) is 0 Å². The summed E-state index contributed by atoms with van der Waals surface area (Å²) in [5, 5.41) is 8.78. The molecule has 2 heterocycles. The molecule has 0 radical (unpaired) electrons. The second-order valence-electron chi connectivity index (χ2n) is 5.36. The lowest BCUT2D eigenvalue weighted by atomic mass is 10.1. The summed E-state index contributed by atoms with van der Waals surface area (Å²) in [6, 6.07) is 8.57. The smallest absolute Gasteiger partial charge is 0.276 e. The lowest BCUT2D eigenvalue weighted by Crippen LogP contribution is -2.36. The first-order valence-electron chi connectivity index (χ1n) is 7.44. The minimum absolute atomic E-state index is 0.168. The number of H-pyrrole nitrogens is 1. The lowest BCUT2D eigenvalue weighted by molar-refractivity contribution is 0.102. The van der Waals surface area contributed by atoms with E-state index in [0.29, 0.717) is 0 Å². The van der Waals surface area contributed by atoms with Crippen molar-refractivity contribution in [3.05, 3.63) is 51.9 Å². The standard InChI is InChI=1S/C16H18N4O3/c1-11-10-12(20-6-8-23-9-7-20)2-3-13(11)17-16(22)14-4-5-15(21)19-18-14/h2-5,10H,6-9H2,1H3,(H,17,22)(H,19,21). The van der Waals surface area contributed by atoms with Gasteiger partial charge in [0.05, 0.1) is 13.2 Å². The fourth-order valence-corrected chi connectivity index (χ4v) is 2.46. The molecule has 1 aliphatic rings. The van der Waals surface area contributed by atoms with Gasteiger partial charge in [0.1, 0.15) is 5.69 Å². The average Bonchev–Trinajstić information content (AvgIpc) is 2.58. The Labute approximate surface area is 133 Å². The number of morpholine rings is 1. The summed E-state index contributed by atoms with van der Waals surface area (Å²) < 4.78 is 5.35. The number of nitrogens with zero attached hydrogens (tertiary/aromatic N) is 2. The molecule has 0 spiro atoms. The highest BCUT2D eigenvalue weighted by Crippen LogP contribution is 2.23. The number of anilines is 2. The van der Waals surface area contributed by atoms with E-state index in [1.165, 1.54) is 12.1 Å². The minimum atomic E-state index is -0.358. The number of rotatable bonds is 3. The van der Waals surface area contributed by atoms with E-state index in [4.69, 9.17) is 4.74 Å². The maximum Gasteiger partial charge on any atom is 0.276 e. The Morgan fingerprint density at radius 3 is 2.70 bits per heavy atom. The summed E-state index contributed by atoms with van der Waals surface area (Å²) in [6.45, 7) is 5.14. The molecule has 0 saturated carbocycles. The van der Waals surface area contributed by atoms with E-state index in [9.17, 15) is 9.59 Å². The van der Waals surface area contributed by atoms with Crippen molar-refractivity contribution in [2.45, 2.75) is 6.92 Å². The van der Waals surface area contributed by atoms with Crippen LogP contribution in [0.3, 0.4) is 0 Å². The molecule has 7 nitrogen and oxygen atoms in total. The van der Waals surface area contributed by atoms with Crippen LogP contribution in [0.4, 0.5) is 11.4 Å². The van der Waals surface area contributed by atoms with Crippen molar-refractivity contribution in [3.8, 4) is 0 Å². The Morgan fingerprint density at radius 2 is 2.04 bits per heavy atom. The number of nitrogens with one attached hydrogen (secondary N) is 2. The Bertz CT molecular complexity index is 746. The normalized spacial score (nSPS) is 14.6. The lowest BCUT2D eigenvalue weighted by Gasteiger charge is -2.29. The van der Waals surface area contributed by atoms with E-state index in [2.05, 4.69) is 20.4 Å². The topological polar surface area (TPSA) is 87.3 Å². The van der Waals surface area contributed by atoms with E-state index >= 15 is 0 Å². The van der Waals surface area contributed by atoms with Crippen molar-refractivity contribution < 1.29 is 9.53 Å². The highest BCUT2D eigenvalue weighted by Gasteiger charge is 2.14. The van der Waals surface area contributed by atoms with Gasteiger partial charge in [0, 0.05) is 30.5 Å². The maximum absolute atomic E-state index is 12.1. The van der Waals surface area contributed by atoms with Crippen molar-refractivity contribution in [2.24, 2.45) is 0 Å². The van der Waals surface area contributed by atoms with Crippen LogP contribution in [-0.2, 0) is 4.74 Å². The van der Waals surface area contributed by atoms with Crippen molar-refractivity contribution in [1.82, 2.24) is 10.2 Å². The SMILES string of the molecule is Cc1cc(N2CCOCC2)ccc1NC(=O)c1ccc(=O)[nH]n1. The third-order valence-corrected chi connectivity index (χ3v) is 3.75. The molecule has 1 aromatic heterocycles. The van der Waals surface area contributed by atoms with Crippen LogP contribution in [0.15, 0.2) is 35.1 Å². The number of hydrogen-bond acceptors (Lipinski definition) is 5. The van der Waals surface area contributed by atoms with Crippen LogP contribution in [0.25, 0.3) is 0 Å². The third kappa shape index (κ3) is 3.57. The first-order valence-corrected chi connectivity index (χ1v) is 7.44. The molecule has 0 atom stereocenters. The van der Waals surface area contributed by atoms with Crippen molar-refractivity contribution >= 4 is 17.3 Å². The Hall–Kier alpha value is -2.67. The van der Waals surface area contributed by atoms with Gasteiger partial charge in [-0.3, -0.25) is 9.59 Å². The number of benzene rings is 1. The van der Waals surface area contributed by atoms with Crippen LogP contribution >= 0.6 is 0 Å². The van der Waals surface area contributed by atoms with Crippen LogP contribution < -0.4 is 15.8 Å².